The minimum Gasteiger partial charge on any atom is -0.357 e. The van der Waals surface area contributed by atoms with E-state index in [9.17, 15) is 4.79 Å². The number of guanidine groups is 1. The summed E-state index contributed by atoms with van der Waals surface area (Å²) in [4.78, 5) is 16.8. The fraction of sp³-hybridized carbons (Fsp3) is 0.364. The van der Waals surface area contributed by atoms with E-state index in [1.165, 1.54) is 5.56 Å². The molecule has 3 rings (SSSR count). The first-order valence-electron chi connectivity index (χ1n) is 9.70. The molecular weight excluding hydrogens is 336 g/mol. The van der Waals surface area contributed by atoms with Crippen molar-refractivity contribution in [1.82, 2.24) is 10.6 Å². The number of anilines is 1. The molecule has 5 nitrogen and oxygen atoms in total. The molecule has 0 heterocycles. The van der Waals surface area contributed by atoms with Crippen molar-refractivity contribution in [2.24, 2.45) is 10.9 Å². The van der Waals surface area contributed by atoms with Gasteiger partial charge in [-0.2, -0.15) is 0 Å². The Morgan fingerprint density at radius 2 is 1.81 bits per heavy atom. The smallest absolute Gasteiger partial charge is 0.227 e. The molecule has 0 aromatic heterocycles. The van der Waals surface area contributed by atoms with Crippen LogP contribution in [0.5, 0.6) is 0 Å². The van der Waals surface area contributed by atoms with E-state index < -0.39 is 0 Å². The Morgan fingerprint density at radius 1 is 1.04 bits per heavy atom. The van der Waals surface area contributed by atoms with Crippen LogP contribution < -0.4 is 16.0 Å². The molecule has 5 heteroatoms. The summed E-state index contributed by atoms with van der Waals surface area (Å²) in [5, 5.41) is 9.65. The molecule has 1 saturated carbocycles. The largest absolute Gasteiger partial charge is 0.357 e. The maximum Gasteiger partial charge on any atom is 0.227 e. The lowest BCUT2D eigenvalue weighted by Gasteiger charge is -2.24. The second-order valence-corrected chi connectivity index (χ2v) is 6.85. The third-order valence-electron chi connectivity index (χ3n) is 4.74. The Bertz CT molecular complexity index is 769. The van der Waals surface area contributed by atoms with E-state index in [1.807, 2.05) is 42.5 Å². The highest BCUT2D eigenvalue weighted by molar-refractivity contribution is 5.93. The molecule has 1 amide bonds. The Labute approximate surface area is 161 Å². The van der Waals surface area contributed by atoms with E-state index in [4.69, 9.17) is 0 Å². The molecule has 0 bridgehead atoms. The minimum absolute atomic E-state index is 0.139. The number of carbonyl (C=O) groups is 1. The van der Waals surface area contributed by atoms with E-state index in [0.29, 0.717) is 6.54 Å². The van der Waals surface area contributed by atoms with Crippen molar-refractivity contribution in [3.8, 4) is 0 Å². The number of aliphatic imine (C=N–C) groups is 1. The third kappa shape index (κ3) is 5.84. The molecular formula is C22H28N4O. The van der Waals surface area contributed by atoms with E-state index in [-0.39, 0.29) is 11.8 Å². The van der Waals surface area contributed by atoms with Crippen LogP contribution in [0, 0.1) is 5.92 Å². The zero-order chi connectivity index (χ0) is 18.9. The Kier molecular flexibility index (Phi) is 6.85. The van der Waals surface area contributed by atoms with Crippen molar-refractivity contribution in [2.45, 2.75) is 39.3 Å². The second-order valence-electron chi connectivity index (χ2n) is 6.85. The van der Waals surface area contributed by atoms with Crippen LogP contribution in [0.25, 0.3) is 0 Å². The number of carbonyl (C=O) groups excluding carboxylic acids is 1. The molecule has 0 atom stereocenters. The first-order chi connectivity index (χ1) is 13.2. The van der Waals surface area contributed by atoms with Gasteiger partial charge in [-0.25, -0.2) is 4.99 Å². The molecule has 142 valence electrons. The molecule has 1 aliphatic rings. The normalized spacial score (nSPS) is 14.3. The van der Waals surface area contributed by atoms with Gasteiger partial charge in [0, 0.05) is 24.7 Å². The number of hydrogen-bond acceptors (Lipinski definition) is 2. The van der Waals surface area contributed by atoms with Gasteiger partial charge in [-0.15, -0.1) is 0 Å². The molecule has 0 saturated heterocycles. The maximum atomic E-state index is 12.1. The summed E-state index contributed by atoms with van der Waals surface area (Å²) in [5.74, 6) is 1.11. The second kappa shape index (κ2) is 9.76. The molecule has 0 spiro atoms. The molecule has 0 aliphatic heterocycles. The Morgan fingerprint density at radius 3 is 2.52 bits per heavy atom. The molecule has 2 aromatic carbocycles. The van der Waals surface area contributed by atoms with Gasteiger partial charge in [0.15, 0.2) is 5.96 Å². The number of rotatable bonds is 7. The molecule has 2 aromatic rings. The zero-order valence-corrected chi connectivity index (χ0v) is 15.9. The number of hydrogen-bond donors (Lipinski definition) is 3. The van der Waals surface area contributed by atoms with Gasteiger partial charge >= 0.3 is 0 Å². The molecule has 1 aliphatic carbocycles. The van der Waals surface area contributed by atoms with Gasteiger partial charge in [0.1, 0.15) is 0 Å². The third-order valence-corrected chi connectivity index (χ3v) is 4.74. The SMILES string of the molecule is CCNC(=NCc1cccc(NC(=O)C2CCC2)c1)NCc1ccccc1. The standard InChI is InChI=1S/C22H28N4O/c1-2-23-22(24-15-17-8-4-3-5-9-17)25-16-18-10-6-13-20(14-18)26-21(27)19-11-7-12-19/h3-6,8-10,13-14,19H,2,7,11-12,15-16H2,1H3,(H,26,27)(H2,23,24,25). The van der Waals surface area contributed by atoms with Gasteiger partial charge in [-0.1, -0.05) is 48.9 Å². The average Bonchev–Trinajstić information content (AvgIpc) is 2.64. The fourth-order valence-corrected chi connectivity index (χ4v) is 2.96. The molecule has 27 heavy (non-hydrogen) atoms. The molecule has 3 N–H and O–H groups in total. The summed E-state index contributed by atoms with van der Waals surface area (Å²) in [6, 6.07) is 18.2. The monoisotopic (exact) mass is 364 g/mol. The zero-order valence-electron chi connectivity index (χ0n) is 15.9. The van der Waals surface area contributed by atoms with Crippen molar-refractivity contribution in [2.75, 3.05) is 11.9 Å². The maximum absolute atomic E-state index is 12.1. The summed E-state index contributed by atoms with van der Waals surface area (Å²) in [5.41, 5.74) is 3.13. The van der Waals surface area contributed by atoms with Gasteiger partial charge in [0.2, 0.25) is 5.91 Å². The summed E-state index contributed by atoms with van der Waals surface area (Å²) < 4.78 is 0. The summed E-state index contributed by atoms with van der Waals surface area (Å²) >= 11 is 0. The van der Waals surface area contributed by atoms with Gasteiger partial charge < -0.3 is 16.0 Å². The molecule has 0 unspecified atom stereocenters. The van der Waals surface area contributed by atoms with Gasteiger partial charge in [0.25, 0.3) is 0 Å². The van der Waals surface area contributed by atoms with Crippen LogP contribution in [0.15, 0.2) is 59.6 Å². The van der Waals surface area contributed by atoms with Gasteiger partial charge in [-0.05, 0) is 43.0 Å². The number of benzene rings is 2. The molecule has 1 fully saturated rings. The van der Waals surface area contributed by atoms with E-state index in [2.05, 4.69) is 40.0 Å². The topological polar surface area (TPSA) is 65.5 Å². The Hall–Kier alpha value is -2.82. The number of nitrogens with one attached hydrogen (secondary N) is 3. The van der Waals surface area contributed by atoms with Crippen molar-refractivity contribution in [1.29, 1.82) is 0 Å². The fourth-order valence-electron chi connectivity index (χ4n) is 2.96. The van der Waals surface area contributed by atoms with E-state index in [1.54, 1.807) is 0 Å². The minimum atomic E-state index is 0.139. The number of nitrogens with zero attached hydrogens (tertiary/aromatic N) is 1. The first-order valence-corrected chi connectivity index (χ1v) is 9.70. The van der Waals surface area contributed by atoms with E-state index in [0.717, 1.165) is 49.6 Å². The Balaban J connectivity index is 1.57. The summed E-state index contributed by atoms with van der Waals surface area (Å²) in [6.45, 7) is 4.13. The van der Waals surface area contributed by atoms with Crippen LogP contribution in [0.4, 0.5) is 5.69 Å². The quantitative estimate of drug-likeness (QED) is 0.519. The predicted molar refractivity (Wildman–Crippen MR) is 111 cm³/mol. The first kappa shape index (κ1) is 19.0. The van der Waals surface area contributed by atoms with Crippen molar-refractivity contribution >= 4 is 17.6 Å². The van der Waals surface area contributed by atoms with Crippen molar-refractivity contribution in [3.05, 3.63) is 65.7 Å². The van der Waals surface area contributed by atoms with Crippen LogP contribution in [-0.4, -0.2) is 18.4 Å². The lowest BCUT2D eigenvalue weighted by molar-refractivity contribution is -0.122. The van der Waals surface area contributed by atoms with Crippen molar-refractivity contribution in [3.63, 3.8) is 0 Å². The number of amides is 1. The summed E-state index contributed by atoms with van der Waals surface area (Å²) in [6.07, 6.45) is 3.18. The lowest BCUT2D eigenvalue weighted by atomic mass is 9.85. The van der Waals surface area contributed by atoms with Crippen LogP contribution in [-0.2, 0) is 17.9 Å². The van der Waals surface area contributed by atoms with Crippen LogP contribution >= 0.6 is 0 Å². The van der Waals surface area contributed by atoms with E-state index >= 15 is 0 Å². The summed E-state index contributed by atoms with van der Waals surface area (Å²) in [7, 11) is 0. The highest BCUT2D eigenvalue weighted by Crippen LogP contribution is 2.27. The lowest BCUT2D eigenvalue weighted by Crippen LogP contribution is -2.36. The van der Waals surface area contributed by atoms with Gasteiger partial charge in [0.05, 0.1) is 6.54 Å². The average molecular weight is 364 g/mol. The van der Waals surface area contributed by atoms with Crippen LogP contribution in [0.1, 0.15) is 37.3 Å². The highest BCUT2D eigenvalue weighted by Gasteiger charge is 2.25. The highest BCUT2D eigenvalue weighted by atomic mass is 16.1. The van der Waals surface area contributed by atoms with Crippen LogP contribution in [0.3, 0.4) is 0 Å². The van der Waals surface area contributed by atoms with Gasteiger partial charge in [-0.3, -0.25) is 4.79 Å². The van der Waals surface area contributed by atoms with Crippen LogP contribution in [0.2, 0.25) is 0 Å². The molecule has 0 radical (unpaired) electrons. The predicted octanol–water partition coefficient (Wildman–Crippen LogP) is 3.68. The van der Waals surface area contributed by atoms with Crippen molar-refractivity contribution < 1.29 is 4.79 Å².